The summed E-state index contributed by atoms with van der Waals surface area (Å²) in [6, 6.07) is 15.2. The first-order valence-electron chi connectivity index (χ1n) is 7.24. The van der Waals surface area contributed by atoms with Crippen LogP contribution in [0.2, 0.25) is 0 Å². The third-order valence-corrected chi connectivity index (χ3v) is 3.86. The molecular weight excluding hydrogens is 319 g/mol. The zero-order valence-electron chi connectivity index (χ0n) is 12.7. The van der Waals surface area contributed by atoms with Crippen molar-refractivity contribution in [2.75, 3.05) is 7.11 Å². The van der Waals surface area contributed by atoms with E-state index in [0.717, 1.165) is 7.11 Å². The number of esters is 1. The fraction of sp³-hybridized carbons (Fsp3) is 0.167. The molecule has 1 unspecified atom stereocenters. The second-order valence-corrected chi connectivity index (χ2v) is 5.32. The molecule has 0 bridgehead atoms. The maximum absolute atomic E-state index is 13.6. The average Bonchev–Trinajstić information content (AvgIpc) is 2.94. The molecule has 1 heterocycles. The smallest absolute Gasteiger partial charge is 0.406 e. The van der Waals surface area contributed by atoms with Crippen molar-refractivity contribution in [1.82, 2.24) is 4.98 Å². The van der Waals surface area contributed by atoms with Gasteiger partial charge in [0.15, 0.2) is 5.92 Å². The fourth-order valence-electron chi connectivity index (χ4n) is 2.83. The topological polar surface area (TPSA) is 42.1 Å². The molecule has 124 valence electrons. The lowest BCUT2D eigenvalue weighted by atomic mass is 9.92. The van der Waals surface area contributed by atoms with Crippen molar-refractivity contribution >= 4 is 16.9 Å². The third kappa shape index (κ3) is 2.75. The van der Waals surface area contributed by atoms with E-state index in [1.165, 1.54) is 0 Å². The molecule has 1 atom stereocenters. The molecular formula is C18H14F3NO2. The number of halogens is 3. The lowest BCUT2D eigenvalue weighted by Crippen LogP contribution is -2.29. The van der Waals surface area contributed by atoms with Gasteiger partial charge in [-0.05, 0) is 11.6 Å². The Labute approximate surface area is 136 Å². The Morgan fingerprint density at radius 1 is 1.04 bits per heavy atom. The zero-order valence-corrected chi connectivity index (χ0v) is 12.7. The summed E-state index contributed by atoms with van der Waals surface area (Å²) in [6.45, 7) is 0. The number of alkyl halides is 3. The standard InChI is InChI=1S/C18H14F3NO2/c1-24-17(23)15(18(19,20)21)14-12-9-5-6-10-13(12)22-16(14)11-7-3-2-4-8-11/h2-10,15,22H,1H3. The van der Waals surface area contributed by atoms with Crippen LogP contribution in [-0.2, 0) is 9.53 Å². The predicted molar refractivity (Wildman–Crippen MR) is 84.5 cm³/mol. The summed E-state index contributed by atoms with van der Waals surface area (Å²) in [5.74, 6) is -3.68. The van der Waals surface area contributed by atoms with E-state index < -0.39 is 18.1 Å². The van der Waals surface area contributed by atoms with E-state index in [1.54, 1.807) is 54.6 Å². The van der Waals surface area contributed by atoms with E-state index in [0.29, 0.717) is 16.5 Å². The van der Waals surface area contributed by atoms with Crippen molar-refractivity contribution in [2.24, 2.45) is 0 Å². The van der Waals surface area contributed by atoms with Crippen molar-refractivity contribution < 1.29 is 22.7 Å². The molecule has 1 N–H and O–H groups in total. The number of rotatable bonds is 3. The Balaban J connectivity index is 2.34. The van der Waals surface area contributed by atoms with Crippen LogP contribution in [-0.4, -0.2) is 24.2 Å². The van der Waals surface area contributed by atoms with Gasteiger partial charge in [-0.25, -0.2) is 0 Å². The Bertz CT molecular complexity index is 869. The number of hydrogen-bond acceptors (Lipinski definition) is 2. The van der Waals surface area contributed by atoms with Gasteiger partial charge in [0, 0.05) is 16.5 Å². The van der Waals surface area contributed by atoms with Crippen LogP contribution in [0.25, 0.3) is 22.2 Å². The summed E-state index contributed by atoms with van der Waals surface area (Å²) in [4.78, 5) is 14.9. The molecule has 0 aliphatic heterocycles. The summed E-state index contributed by atoms with van der Waals surface area (Å²) in [5.41, 5.74) is 1.26. The van der Waals surface area contributed by atoms with E-state index in [1.807, 2.05) is 0 Å². The van der Waals surface area contributed by atoms with Gasteiger partial charge in [0.25, 0.3) is 0 Å². The number of aromatic nitrogens is 1. The molecule has 0 saturated heterocycles. The predicted octanol–water partition coefficient (Wildman–Crippen LogP) is 4.65. The molecule has 6 heteroatoms. The normalized spacial score (nSPS) is 13.0. The summed E-state index contributed by atoms with van der Waals surface area (Å²) in [7, 11) is 0.956. The zero-order chi connectivity index (χ0) is 17.3. The first-order valence-corrected chi connectivity index (χ1v) is 7.24. The highest BCUT2D eigenvalue weighted by molar-refractivity contribution is 5.96. The molecule has 0 fully saturated rings. The molecule has 3 rings (SSSR count). The third-order valence-electron chi connectivity index (χ3n) is 3.86. The number of ether oxygens (including phenoxy) is 1. The number of carbonyl (C=O) groups excluding carboxylic acids is 1. The Morgan fingerprint density at radius 2 is 1.67 bits per heavy atom. The molecule has 0 spiro atoms. The molecule has 0 radical (unpaired) electrons. The van der Waals surface area contributed by atoms with E-state index in [2.05, 4.69) is 9.72 Å². The highest BCUT2D eigenvalue weighted by Crippen LogP contribution is 2.43. The second-order valence-electron chi connectivity index (χ2n) is 5.32. The maximum Gasteiger partial charge on any atom is 0.406 e. The first-order chi connectivity index (χ1) is 11.4. The Kier molecular flexibility index (Phi) is 4.05. The summed E-state index contributed by atoms with van der Waals surface area (Å²) >= 11 is 0. The molecule has 1 aromatic heterocycles. The van der Waals surface area contributed by atoms with Crippen molar-refractivity contribution in [3.63, 3.8) is 0 Å². The van der Waals surface area contributed by atoms with Crippen LogP contribution in [0, 0.1) is 0 Å². The lowest BCUT2D eigenvalue weighted by Gasteiger charge is -2.19. The van der Waals surface area contributed by atoms with Crippen LogP contribution >= 0.6 is 0 Å². The average molecular weight is 333 g/mol. The van der Waals surface area contributed by atoms with Gasteiger partial charge in [-0.3, -0.25) is 4.79 Å². The molecule has 3 aromatic rings. The molecule has 2 aromatic carbocycles. The van der Waals surface area contributed by atoms with Gasteiger partial charge in [-0.1, -0.05) is 48.5 Å². The minimum atomic E-state index is -4.76. The Hall–Kier alpha value is -2.76. The van der Waals surface area contributed by atoms with Gasteiger partial charge in [0.1, 0.15) is 0 Å². The number of carbonyl (C=O) groups is 1. The van der Waals surface area contributed by atoms with Crippen molar-refractivity contribution in [3.8, 4) is 11.3 Å². The van der Waals surface area contributed by atoms with Crippen molar-refractivity contribution in [3.05, 3.63) is 60.2 Å². The van der Waals surface area contributed by atoms with Crippen LogP contribution < -0.4 is 0 Å². The number of nitrogens with one attached hydrogen (secondary N) is 1. The quantitative estimate of drug-likeness (QED) is 0.709. The van der Waals surface area contributed by atoms with Crippen molar-refractivity contribution in [2.45, 2.75) is 12.1 Å². The van der Waals surface area contributed by atoms with Crippen LogP contribution in [0.15, 0.2) is 54.6 Å². The van der Waals surface area contributed by atoms with Crippen LogP contribution in [0.3, 0.4) is 0 Å². The SMILES string of the molecule is COC(=O)C(c1c(-c2ccccc2)[nH]c2ccccc12)C(F)(F)F. The largest absolute Gasteiger partial charge is 0.468 e. The van der Waals surface area contributed by atoms with Crippen LogP contribution in [0.5, 0.6) is 0 Å². The molecule has 0 aliphatic rings. The van der Waals surface area contributed by atoms with Crippen LogP contribution in [0.4, 0.5) is 13.2 Å². The summed E-state index contributed by atoms with van der Waals surface area (Å²) < 4.78 is 45.3. The summed E-state index contributed by atoms with van der Waals surface area (Å²) in [6.07, 6.45) is -4.76. The van der Waals surface area contributed by atoms with E-state index >= 15 is 0 Å². The monoisotopic (exact) mass is 333 g/mol. The van der Waals surface area contributed by atoms with Crippen molar-refractivity contribution in [1.29, 1.82) is 0 Å². The number of para-hydroxylation sites is 1. The van der Waals surface area contributed by atoms with Gasteiger partial charge < -0.3 is 9.72 Å². The minimum Gasteiger partial charge on any atom is -0.468 e. The Morgan fingerprint density at radius 3 is 2.29 bits per heavy atom. The molecule has 0 amide bonds. The van der Waals surface area contributed by atoms with Gasteiger partial charge >= 0.3 is 12.1 Å². The molecule has 24 heavy (non-hydrogen) atoms. The van der Waals surface area contributed by atoms with Gasteiger partial charge in [-0.2, -0.15) is 13.2 Å². The van der Waals surface area contributed by atoms with E-state index in [4.69, 9.17) is 0 Å². The minimum absolute atomic E-state index is 0.115. The van der Waals surface area contributed by atoms with Crippen LogP contribution in [0.1, 0.15) is 11.5 Å². The molecule has 3 nitrogen and oxygen atoms in total. The highest BCUT2D eigenvalue weighted by atomic mass is 19.4. The van der Waals surface area contributed by atoms with Gasteiger partial charge in [0.2, 0.25) is 0 Å². The highest BCUT2D eigenvalue weighted by Gasteiger charge is 2.49. The molecule has 0 aliphatic carbocycles. The number of benzene rings is 2. The lowest BCUT2D eigenvalue weighted by molar-refractivity contribution is -0.178. The first kappa shape index (κ1) is 16.1. The van der Waals surface area contributed by atoms with E-state index in [9.17, 15) is 18.0 Å². The van der Waals surface area contributed by atoms with E-state index in [-0.39, 0.29) is 11.3 Å². The summed E-state index contributed by atoms with van der Waals surface area (Å²) in [5, 5.41) is 0.351. The fourth-order valence-corrected chi connectivity index (χ4v) is 2.83. The second kappa shape index (κ2) is 6.03. The van der Waals surface area contributed by atoms with Gasteiger partial charge in [0.05, 0.1) is 12.8 Å². The maximum atomic E-state index is 13.6. The number of hydrogen-bond donors (Lipinski definition) is 1. The molecule has 0 saturated carbocycles. The number of methoxy groups -OCH3 is 1. The number of aromatic amines is 1. The number of fused-ring (bicyclic) bond motifs is 1. The van der Waals surface area contributed by atoms with Gasteiger partial charge in [-0.15, -0.1) is 0 Å². The number of H-pyrrole nitrogens is 1.